The minimum atomic E-state index is 0.471. The number of pyridine rings is 1. The molecule has 5 heteroatoms. The molecule has 0 amide bonds. The maximum Gasteiger partial charge on any atom is 0.158 e. The number of hydrogen-bond donors (Lipinski definition) is 2. The minimum Gasteiger partial charge on any atom is -0.313 e. The zero-order chi connectivity index (χ0) is 12.4. The maximum absolute atomic E-state index is 4.56. The van der Waals surface area contributed by atoms with Gasteiger partial charge < -0.3 is 10.6 Å². The first kappa shape index (κ1) is 11.6. The highest BCUT2D eigenvalue weighted by Gasteiger charge is 2.21. The van der Waals surface area contributed by atoms with Gasteiger partial charge in [0.25, 0.3) is 0 Å². The van der Waals surface area contributed by atoms with Crippen LogP contribution in [0.1, 0.15) is 24.9 Å². The van der Waals surface area contributed by atoms with Crippen molar-refractivity contribution in [3.63, 3.8) is 0 Å². The van der Waals surface area contributed by atoms with E-state index < -0.39 is 0 Å². The van der Waals surface area contributed by atoms with Crippen LogP contribution in [0, 0.1) is 0 Å². The molecule has 0 radical (unpaired) electrons. The molecule has 1 aliphatic rings. The van der Waals surface area contributed by atoms with Crippen LogP contribution in [0.2, 0.25) is 0 Å². The van der Waals surface area contributed by atoms with E-state index in [4.69, 9.17) is 0 Å². The molecule has 18 heavy (non-hydrogen) atoms. The largest absolute Gasteiger partial charge is 0.313 e. The zero-order valence-corrected chi connectivity index (χ0v) is 10.7. The van der Waals surface area contributed by atoms with E-state index in [1.807, 2.05) is 17.1 Å². The Labute approximate surface area is 107 Å². The average Bonchev–Trinajstić information content (AvgIpc) is 2.71. The van der Waals surface area contributed by atoms with Crippen LogP contribution in [-0.2, 0) is 6.54 Å². The molecule has 2 aromatic heterocycles. The molecule has 0 bridgehead atoms. The van der Waals surface area contributed by atoms with Crippen molar-refractivity contribution in [1.82, 2.24) is 25.4 Å². The van der Waals surface area contributed by atoms with E-state index >= 15 is 0 Å². The Hall–Kier alpha value is -1.46. The van der Waals surface area contributed by atoms with E-state index in [2.05, 4.69) is 33.7 Å². The van der Waals surface area contributed by atoms with Crippen molar-refractivity contribution in [2.75, 3.05) is 19.6 Å². The maximum atomic E-state index is 4.56. The van der Waals surface area contributed by atoms with Crippen LogP contribution in [-0.4, -0.2) is 34.4 Å². The Morgan fingerprint density at radius 3 is 3.06 bits per heavy atom. The summed E-state index contributed by atoms with van der Waals surface area (Å²) in [5, 5.41) is 12.2. The van der Waals surface area contributed by atoms with E-state index in [1.54, 1.807) is 0 Å². The molecule has 2 N–H and O–H groups in total. The highest BCUT2D eigenvalue weighted by molar-refractivity contribution is 5.75. The first-order valence-corrected chi connectivity index (χ1v) is 6.62. The molecule has 0 aliphatic carbocycles. The van der Waals surface area contributed by atoms with Crippen LogP contribution in [0.25, 0.3) is 11.0 Å². The molecular formula is C13H19N5. The van der Waals surface area contributed by atoms with Crippen LogP contribution >= 0.6 is 0 Å². The van der Waals surface area contributed by atoms with Crippen LogP contribution in [0.4, 0.5) is 0 Å². The third kappa shape index (κ3) is 2.11. The second-order valence-corrected chi connectivity index (χ2v) is 4.83. The second-order valence-electron chi connectivity index (χ2n) is 4.83. The molecule has 1 fully saturated rings. The van der Waals surface area contributed by atoms with Crippen LogP contribution in [0.5, 0.6) is 0 Å². The van der Waals surface area contributed by atoms with Gasteiger partial charge in [0.2, 0.25) is 0 Å². The predicted molar refractivity (Wildman–Crippen MR) is 71.4 cm³/mol. The lowest BCUT2D eigenvalue weighted by atomic mass is 10.2. The molecule has 0 saturated carbocycles. The predicted octanol–water partition coefficient (Wildman–Crippen LogP) is 1.08. The molecule has 0 spiro atoms. The summed E-state index contributed by atoms with van der Waals surface area (Å²) in [5.41, 5.74) is 2.22. The molecule has 5 nitrogen and oxygen atoms in total. The number of fused-ring (bicyclic) bond motifs is 1. The van der Waals surface area contributed by atoms with E-state index in [9.17, 15) is 0 Å². The average molecular weight is 245 g/mol. The lowest BCUT2D eigenvalue weighted by Gasteiger charge is -2.27. The van der Waals surface area contributed by atoms with Crippen molar-refractivity contribution in [3.05, 3.63) is 24.0 Å². The standard InChI is InChI=1S/C13H19N5/c1-2-3-14-5-10-4-11-7-17-18(12-8-15-9-12)13(11)16-6-10/h4,6-7,12,14-15H,2-3,5,8-9H2,1H3. The summed E-state index contributed by atoms with van der Waals surface area (Å²) in [6.07, 6.45) is 5.03. The summed E-state index contributed by atoms with van der Waals surface area (Å²) in [5.74, 6) is 0. The van der Waals surface area contributed by atoms with Gasteiger partial charge in [-0.2, -0.15) is 5.10 Å². The number of nitrogens with zero attached hydrogens (tertiary/aromatic N) is 3. The van der Waals surface area contributed by atoms with Gasteiger partial charge in [-0.3, -0.25) is 0 Å². The van der Waals surface area contributed by atoms with Crippen molar-refractivity contribution in [2.45, 2.75) is 25.9 Å². The Morgan fingerprint density at radius 2 is 2.33 bits per heavy atom. The Kier molecular flexibility index (Phi) is 3.25. The first-order valence-electron chi connectivity index (χ1n) is 6.62. The fourth-order valence-electron chi connectivity index (χ4n) is 2.21. The molecule has 96 valence electrons. The topological polar surface area (TPSA) is 54.8 Å². The Morgan fingerprint density at radius 1 is 1.44 bits per heavy atom. The van der Waals surface area contributed by atoms with Gasteiger partial charge in [0.1, 0.15) is 0 Å². The molecular weight excluding hydrogens is 226 g/mol. The number of rotatable bonds is 5. The summed E-state index contributed by atoms with van der Waals surface area (Å²) in [4.78, 5) is 4.56. The van der Waals surface area contributed by atoms with Crippen molar-refractivity contribution < 1.29 is 0 Å². The number of nitrogens with one attached hydrogen (secondary N) is 2. The van der Waals surface area contributed by atoms with Gasteiger partial charge in [0.15, 0.2) is 5.65 Å². The van der Waals surface area contributed by atoms with E-state index in [1.165, 1.54) is 5.56 Å². The van der Waals surface area contributed by atoms with Gasteiger partial charge in [0.05, 0.1) is 12.2 Å². The quantitative estimate of drug-likeness (QED) is 0.774. The highest BCUT2D eigenvalue weighted by atomic mass is 15.3. The van der Waals surface area contributed by atoms with Crippen LogP contribution in [0.15, 0.2) is 18.5 Å². The summed E-state index contributed by atoms with van der Waals surface area (Å²) in [6, 6.07) is 2.65. The molecule has 1 saturated heterocycles. The van der Waals surface area contributed by atoms with Crippen molar-refractivity contribution in [2.24, 2.45) is 0 Å². The summed E-state index contributed by atoms with van der Waals surface area (Å²) in [6.45, 7) is 6.10. The van der Waals surface area contributed by atoms with E-state index in [0.717, 1.165) is 43.6 Å². The smallest absolute Gasteiger partial charge is 0.158 e. The molecule has 0 unspecified atom stereocenters. The fourth-order valence-corrected chi connectivity index (χ4v) is 2.21. The lowest BCUT2D eigenvalue weighted by Crippen LogP contribution is -2.43. The van der Waals surface area contributed by atoms with Gasteiger partial charge in [0, 0.05) is 31.2 Å². The molecule has 2 aromatic rings. The first-order chi connectivity index (χ1) is 8.88. The number of aromatic nitrogens is 3. The minimum absolute atomic E-state index is 0.471. The van der Waals surface area contributed by atoms with Gasteiger partial charge in [-0.25, -0.2) is 9.67 Å². The monoisotopic (exact) mass is 245 g/mol. The summed E-state index contributed by atoms with van der Waals surface area (Å²) < 4.78 is 2.04. The van der Waals surface area contributed by atoms with Crippen molar-refractivity contribution in [1.29, 1.82) is 0 Å². The lowest BCUT2D eigenvalue weighted by molar-refractivity contribution is 0.325. The zero-order valence-electron chi connectivity index (χ0n) is 10.7. The molecule has 0 aromatic carbocycles. The second kappa shape index (κ2) is 5.04. The van der Waals surface area contributed by atoms with Gasteiger partial charge >= 0.3 is 0 Å². The van der Waals surface area contributed by atoms with Crippen molar-refractivity contribution >= 4 is 11.0 Å². The van der Waals surface area contributed by atoms with E-state index in [0.29, 0.717) is 6.04 Å². The van der Waals surface area contributed by atoms with Gasteiger partial charge in [-0.15, -0.1) is 0 Å². The Bertz CT molecular complexity index is 529. The summed E-state index contributed by atoms with van der Waals surface area (Å²) >= 11 is 0. The number of hydrogen-bond acceptors (Lipinski definition) is 4. The van der Waals surface area contributed by atoms with Crippen LogP contribution in [0.3, 0.4) is 0 Å². The Balaban J connectivity index is 1.80. The molecule has 1 aliphatic heterocycles. The molecule has 0 atom stereocenters. The third-order valence-corrected chi connectivity index (χ3v) is 3.35. The van der Waals surface area contributed by atoms with Gasteiger partial charge in [-0.05, 0) is 24.6 Å². The van der Waals surface area contributed by atoms with Crippen molar-refractivity contribution in [3.8, 4) is 0 Å². The fraction of sp³-hybridized carbons (Fsp3) is 0.538. The molecule has 3 rings (SSSR count). The highest BCUT2D eigenvalue weighted by Crippen LogP contribution is 2.19. The normalized spacial score (nSPS) is 16.1. The SMILES string of the molecule is CCCNCc1cnc2c(cnn2C2CNC2)c1. The molecule has 3 heterocycles. The third-order valence-electron chi connectivity index (χ3n) is 3.35. The van der Waals surface area contributed by atoms with Crippen LogP contribution < -0.4 is 10.6 Å². The summed E-state index contributed by atoms with van der Waals surface area (Å²) in [7, 11) is 0. The van der Waals surface area contributed by atoms with E-state index in [-0.39, 0.29) is 0 Å². The van der Waals surface area contributed by atoms with Gasteiger partial charge in [-0.1, -0.05) is 6.92 Å².